The summed E-state index contributed by atoms with van der Waals surface area (Å²) in [5, 5.41) is 9.94. The van der Waals surface area contributed by atoms with E-state index in [1.165, 1.54) is 0 Å². The van der Waals surface area contributed by atoms with E-state index in [0.29, 0.717) is 16.9 Å². The highest BCUT2D eigenvalue weighted by Crippen LogP contribution is 2.23. The Morgan fingerprint density at radius 2 is 1.90 bits per heavy atom. The van der Waals surface area contributed by atoms with Gasteiger partial charge in [-0.2, -0.15) is 0 Å². The Hall–Kier alpha value is -2.59. The van der Waals surface area contributed by atoms with E-state index in [-0.39, 0.29) is 18.2 Å². The molecule has 0 saturated carbocycles. The fourth-order valence-corrected chi connectivity index (χ4v) is 2.19. The van der Waals surface area contributed by atoms with Crippen LogP contribution in [0.25, 0.3) is 11.0 Å². The van der Waals surface area contributed by atoms with Crippen LogP contribution in [0.3, 0.4) is 0 Å². The van der Waals surface area contributed by atoms with Crippen molar-refractivity contribution in [1.29, 1.82) is 0 Å². The maximum atomic E-state index is 12.4. The van der Waals surface area contributed by atoms with Gasteiger partial charge in [0.25, 0.3) is 0 Å². The van der Waals surface area contributed by atoms with Gasteiger partial charge in [-0.1, -0.05) is 6.07 Å². The SMILES string of the molecule is COc1ccc(C(=O)c2cc3cc(CO)ccc3o2)cc1. The molecule has 0 aliphatic rings. The summed E-state index contributed by atoms with van der Waals surface area (Å²) in [7, 11) is 1.58. The quantitative estimate of drug-likeness (QED) is 0.747. The van der Waals surface area contributed by atoms with Crippen LogP contribution in [0.15, 0.2) is 52.9 Å². The van der Waals surface area contributed by atoms with Crippen molar-refractivity contribution in [2.75, 3.05) is 7.11 Å². The van der Waals surface area contributed by atoms with Gasteiger partial charge in [0, 0.05) is 10.9 Å². The van der Waals surface area contributed by atoms with Crippen LogP contribution >= 0.6 is 0 Å². The second kappa shape index (κ2) is 5.42. The molecule has 0 radical (unpaired) electrons. The number of ether oxygens (including phenoxy) is 1. The highest BCUT2D eigenvalue weighted by atomic mass is 16.5. The fraction of sp³-hybridized carbons (Fsp3) is 0.118. The number of aliphatic hydroxyl groups is 1. The van der Waals surface area contributed by atoms with Gasteiger partial charge in [-0.15, -0.1) is 0 Å². The maximum absolute atomic E-state index is 12.4. The Bertz CT molecular complexity index is 784. The summed E-state index contributed by atoms with van der Waals surface area (Å²) >= 11 is 0. The van der Waals surface area contributed by atoms with E-state index in [0.717, 1.165) is 10.9 Å². The molecule has 1 heterocycles. The Kier molecular flexibility index (Phi) is 3.46. The molecule has 1 aromatic heterocycles. The molecule has 0 bridgehead atoms. The number of furan rings is 1. The molecule has 0 atom stereocenters. The van der Waals surface area contributed by atoms with Crippen molar-refractivity contribution in [3.63, 3.8) is 0 Å². The van der Waals surface area contributed by atoms with Crippen LogP contribution in [0, 0.1) is 0 Å². The zero-order chi connectivity index (χ0) is 14.8. The molecule has 0 unspecified atom stereocenters. The summed E-state index contributed by atoms with van der Waals surface area (Å²) in [4.78, 5) is 12.4. The van der Waals surface area contributed by atoms with E-state index in [2.05, 4.69) is 0 Å². The van der Waals surface area contributed by atoms with Crippen LogP contribution in [0.5, 0.6) is 5.75 Å². The fourth-order valence-electron chi connectivity index (χ4n) is 2.19. The predicted octanol–water partition coefficient (Wildman–Crippen LogP) is 3.16. The van der Waals surface area contributed by atoms with Gasteiger partial charge < -0.3 is 14.3 Å². The summed E-state index contributed by atoms with van der Waals surface area (Å²) in [5.41, 5.74) is 1.95. The zero-order valence-electron chi connectivity index (χ0n) is 11.5. The van der Waals surface area contributed by atoms with Crippen molar-refractivity contribution in [3.05, 3.63) is 65.4 Å². The first-order chi connectivity index (χ1) is 10.2. The summed E-state index contributed by atoms with van der Waals surface area (Å²) in [5.74, 6) is 0.799. The van der Waals surface area contributed by atoms with E-state index in [1.54, 1.807) is 49.6 Å². The van der Waals surface area contributed by atoms with Crippen molar-refractivity contribution < 1.29 is 19.1 Å². The molecule has 0 spiro atoms. The Morgan fingerprint density at radius 1 is 1.14 bits per heavy atom. The van der Waals surface area contributed by atoms with E-state index in [1.807, 2.05) is 6.07 Å². The third-order valence-electron chi connectivity index (χ3n) is 3.34. The monoisotopic (exact) mass is 282 g/mol. The van der Waals surface area contributed by atoms with E-state index >= 15 is 0 Å². The number of benzene rings is 2. The standard InChI is InChI=1S/C17H14O4/c1-20-14-5-3-12(4-6-14)17(19)16-9-13-8-11(10-18)2-7-15(13)21-16/h2-9,18H,10H2,1H3. The van der Waals surface area contributed by atoms with Crippen LogP contribution < -0.4 is 4.74 Å². The lowest BCUT2D eigenvalue weighted by molar-refractivity contribution is 0.101. The largest absolute Gasteiger partial charge is 0.497 e. The second-order valence-electron chi connectivity index (χ2n) is 4.70. The number of hydrogen-bond donors (Lipinski definition) is 1. The van der Waals surface area contributed by atoms with Crippen molar-refractivity contribution in [1.82, 2.24) is 0 Å². The molecule has 0 aliphatic carbocycles. The van der Waals surface area contributed by atoms with Crippen molar-refractivity contribution in [2.45, 2.75) is 6.61 Å². The van der Waals surface area contributed by atoms with E-state index in [9.17, 15) is 4.79 Å². The average molecular weight is 282 g/mol. The molecule has 4 nitrogen and oxygen atoms in total. The van der Waals surface area contributed by atoms with Crippen LogP contribution in [0.1, 0.15) is 21.7 Å². The molecular formula is C17H14O4. The van der Waals surface area contributed by atoms with Gasteiger partial charge in [0.2, 0.25) is 5.78 Å². The first-order valence-electron chi connectivity index (χ1n) is 6.53. The maximum Gasteiger partial charge on any atom is 0.228 e. The van der Waals surface area contributed by atoms with Gasteiger partial charge in [-0.25, -0.2) is 0 Å². The normalized spacial score (nSPS) is 10.8. The molecule has 0 aliphatic heterocycles. The Morgan fingerprint density at radius 3 is 2.57 bits per heavy atom. The van der Waals surface area contributed by atoms with Gasteiger partial charge in [0.15, 0.2) is 5.76 Å². The third-order valence-corrected chi connectivity index (χ3v) is 3.34. The lowest BCUT2D eigenvalue weighted by atomic mass is 10.1. The Labute approximate surface area is 121 Å². The topological polar surface area (TPSA) is 59.7 Å². The molecule has 0 amide bonds. The van der Waals surface area contributed by atoms with Crippen LogP contribution in [-0.4, -0.2) is 18.0 Å². The lowest BCUT2D eigenvalue weighted by Gasteiger charge is -2.00. The number of carbonyl (C=O) groups is 1. The molecule has 0 fully saturated rings. The Balaban J connectivity index is 1.96. The highest BCUT2D eigenvalue weighted by Gasteiger charge is 2.14. The number of aliphatic hydroxyl groups excluding tert-OH is 1. The molecular weight excluding hydrogens is 268 g/mol. The third kappa shape index (κ3) is 2.53. The van der Waals surface area contributed by atoms with Gasteiger partial charge in [-0.3, -0.25) is 4.79 Å². The average Bonchev–Trinajstić information content (AvgIpc) is 2.97. The van der Waals surface area contributed by atoms with Crippen molar-refractivity contribution >= 4 is 16.8 Å². The van der Waals surface area contributed by atoms with Crippen LogP contribution in [-0.2, 0) is 6.61 Å². The molecule has 3 aromatic rings. The molecule has 4 heteroatoms. The zero-order valence-corrected chi connectivity index (χ0v) is 11.5. The van der Waals surface area contributed by atoms with E-state index in [4.69, 9.17) is 14.3 Å². The van der Waals surface area contributed by atoms with Gasteiger partial charge in [0.05, 0.1) is 13.7 Å². The summed E-state index contributed by atoms with van der Waals surface area (Å²) in [6, 6.07) is 13.9. The first kappa shape index (κ1) is 13.4. The summed E-state index contributed by atoms with van der Waals surface area (Å²) in [6.45, 7) is -0.0388. The van der Waals surface area contributed by atoms with Crippen molar-refractivity contribution in [2.24, 2.45) is 0 Å². The number of carbonyl (C=O) groups excluding carboxylic acids is 1. The van der Waals surface area contributed by atoms with Crippen LogP contribution in [0.2, 0.25) is 0 Å². The molecule has 0 saturated heterocycles. The first-order valence-corrected chi connectivity index (χ1v) is 6.53. The summed E-state index contributed by atoms with van der Waals surface area (Å²) in [6.07, 6.45) is 0. The molecule has 3 rings (SSSR count). The number of hydrogen-bond acceptors (Lipinski definition) is 4. The number of rotatable bonds is 4. The smallest absolute Gasteiger partial charge is 0.228 e. The minimum absolute atomic E-state index is 0.0388. The van der Waals surface area contributed by atoms with Crippen molar-refractivity contribution in [3.8, 4) is 5.75 Å². The minimum Gasteiger partial charge on any atom is -0.497 e. The molecule has 2 aromatic carbocycles. The molecule has 1 N–H and O–H groups in total. The number of ketones is 1. The van der Waals surface area contributed by atoms with Gasteiger partial charge in [-0.05, 0) is 48.0 Å². The number of methoxy groups -OCH3 is 1. The number of fused-ring (bicyclic) bond motifs is 1. The minimum atomic E-state index is -0.181. The summed E-state index contributed by atoms with van der Waals surface area (Å²) < 4.78 is 10.6. The van der Waals surface area contributed by atoms with Gasteiger partial charge in [0.1, 0.15) is 11.3 Å². The predicted molar refractivity (Wildman–Crippen MR) is 78.6 cm³/mol. The lowest BCUT2D eigenvalue weighted by Crippen LogP contribution is -1.99. The van der Waals surface area contributed by atoms with Gasteiger partial charge >= 0.3 is 0 Å². The molecule has 21 heavy (non-hydrogen) atoms. The second-order valence-corrected chi connectivity index (χ2v) is 4.70. The van der Waals surface area contributed by atoms with E-state index < -0.39 is 0 Å². The highest BCUT2D eigenvalue weighted by molar-refractivity contribution is 6.09. The molecule has 106 valence electrons. The van der Waals surface area contributed by atoms with Crippen LogP contribution in [0.4, 0.5) is 0 Å².